The second-order valence-electron chi connectivity index (χ2n) is 8.74. The van der Waals surface area contributed by atoms with Crippen molar-refractivity contribution >= 4 is 23.1 Å². The van der Waals surface area contributed by atoms with Gasteiger partial charge in [-0.25, -0.2) is 0 Å². The van der Waals surface area contributed by atoms with Crippen molar-refractivity contribution in [1.82, 2.24) is 0 Å². The Morgan fingerprint density at radius 1 is 1.00 bits per heavy atom. The molecule has 0 bridgehead atoms. The van der Waals surface area contributed by atoms with Crippen LogP contribution < -0.4 is 23.8 Å². The molecule has 3 aromatic rings. The molecule has 0 spiro atoms. The number of fused-ring (bicyclic) bond motifs is 1. The zero-order valence-corrected chi connectivity index (χ0v) is 21.0. The minimum absolute atomic E-state index is 0.0488. The summed E-state index contributed by atoms with van der Waals surface area (Å²) in [4.78, 5) is 28.3. The Bertz CT molecular complexity index is 1430. The molecule has 0 aromatic heterocycles. The number of anilines is 1. The van der Waals surface area contributed by atoms with Crippen LogP contribution in [0.5, 0.6) is 28.7 Å². The molecule has 1 amide bonds. The number of carbonyl (C=O) groups is 2. The average molecular weight is 518 g/mol. The minimum Gasteiger partial charge on any atom is -0.507 e. The second kappa shape index (κ2) is 10.4. The Morgan fingerprint density at radius 2 is 1.82 bits per heavy atom. The number of rotatable bonds is 8. The van der Waals surface area contributed by atoms with Gasteiger partial charge in [-0.3, -0.25) is 14.5 Å². The Balaban J connectivity index is 1.68. The molecule has 0 saturated carbocycles. The number of amides is 1. The standard InChI is InChI=1S/C29H27NO8/c1-3-12-36-20-7-5-6-18(13-20)27(32)25-26(17-8-10-21(31)23(14-17)35-4-2)30(29(34)28(25)33)19-9-11-22-24(15-19)38-16-37-22/h5-11,13-15,26,31-32H,3-4,12,16H2,1-2H3/b27-25+. The van der Waals surface area contributed by atoms with Crippen molar-refractivity contribution in [3.05, 3.63) is 77.4 Å². The topological polar surface area (TPSA) is 115 Å². The summed E-state index contributed by atoms with van der Waals surface area (Å²) in [5, 5.41) is 21.7. The Hall–Kier alpha value is -4.66. The van der Waals surface area contributed by atoms with Gasteiger partial charge in [0.15, 0.2) is 23.0 Å². The number of aliphatic hydroxyl groups is 1. The number of aromatic hydroxyl groups is 1. The van der Waals surface area contributed by atoms with Crippen LogP contribution in [-0.2, 0) is 9.59 Å². The molecule has 196 valence electrons. The van der Waals surface area contributed by atoms with Gasteiger partial charge in [-0.1, -0.05) is 25.1 Å². The lowest BCUT2D eigenvalue weighted by molar-refractivity contribution is -0.132. The molecule has 1 fully saturated rings. The summed E-state index contributed by atoms with van der Waals surface area (Å²) in [6.07, 6.45) is 0.805. The van der Waals surface area contributed by atoms with Gasteiger partial charge in [0, 0.05) is 17.3 Å². The lowest BCUT2D eigenvalue weighted by Crippen LogP contribution is -2.29. The van der Waals surface area contributed by atoms with Crippen LogP contribution in [-0.4, -0.2) is 41.9 Å². The van der Waals surface area contributed by atoms with E-state index in [0.29, 0.717) is 47.3 Å². The third-order valence-corrected chi connectivity index (χ3v) is 6.26. The molecule has 38 heavy (non-hydrogen) atoms. The molecule has 2 N–H and O–H groups in total. The van der Waals surface area contributed by atoms with E-state index in [2.05, 4.69) is 0 Å². The summed E-state index contributed by atoms with van der Waals surface area (Å²) in [7, 11) is 0. The average Bonchev–Trinajstić information content (AvgIpc) is 3.50. The first-order valence-electron chi connectivity index (χ1n) is 12.3. The van der Waals surface area contributed by atoms with Crippen LogP contribution in [0.15, 0.2) is 66.2 Å². The van der Waals surface area contributed by atoms with Crippen LogP contribution in [0.4, 0.5) is 5.69 Å². The van der Waals surface area contributed by atoms with E-state index in [0.717, 1.165) is 6.42 Å². The maximum Gasteiger partial charge on any atom is 0.300 e. The van der Waals surface area contributed by atoms with Gasteiger partial charge in [-0.05, 0) is 55.3 Å². The van der Waals surface area contributed by atoms with Crippen LogP contribution in [0, 0.1) is 0 Å². The van der Waals surface area contributed by atoms with Gasteiger partial charge in [0.2, 0.25) is 6.79 Å². The number of carbonyl (C=O) groups excluding carboxylic acids is 2. The van der Waals surface area contributed by atoms with Crippen LogP contribution >= 0.6 is 0 Å². The van der Waals surface area contributed by atoms with Crippen molar-refractivity contribution in [3.63, 3.8) is 0 Å². The second-order valence-corrected chi connectivity index (χ2v) is 8.74. The molecule has 2 aliphatic heterocycles. The summed E-state index contributed by atoms with van der Waals surface area (Å²) in [6, 6.07) is 15.2. The molecular formula is C29H27NO8. The van der Waals surface area contributed by atoms with E-state index in [1.807, 2.05) is 6.92 Å². The van der Waals surface area contributed by atoms with Crippen molar-refractivity contribution in [3.8, 4) is 28.7 Å². The zero-order valence-electron chi connectivity index (χ0n) is 21.0. The molecular weight excluding hydrogens is 490 g/mol. The number of phenolic OH excluding ortho intramolecular Hbond substituents is 1. The molecule has 3 aromatic carbocycles. The van der Waals surface area contributed by atoms with E-state index in [9.17, 15) is 19.8 Å². The van der Waals surface area contributed by atoms with Gasteiger partial charge in [-0.2, -0.15) is 0 Å². The highest BCUT2D eigenvalue weighted by atomic mass is 16.7. The largest absolute Gasteiger partial charge is 0.507 e. The van der Waals surface area contributed by atoms with Crippen molar-refractivity contribution in [2.24, 2.45) is 0 Å². The SMILES string of the molecule is CCCOc1cccc(/C(O)=C2\C(=O)C(=O)N(c3ccc4c(c3)OCO4)C2c2ccc(O)c(OCC)c2)c1. The Morgan fingerprint density at radius 3 is 2.61 bits per heavy atom. The quantitative estimate of drug-likeness (QED) is 0.245. The fourth-order valence-corrected chi connectivity index (χ4v) is 4.53. The van der Waals surface area contributed by atoms with Crippen molar-refractivity contribution < 1.29 is 38.7 Å². The summed E-state index contributed by atoms with van der Waals surface area (Å²) in [5.74, 6) is -0.424. The monoisotopic (exact) mass is 517 g/mol. The molecule has 1 unspecified atom stereocenters. The van der Waals surface area contributed by atoms with Crippen LogP contribution in [0.25, 0.3) is 5.76 Å². The van der Waals surface area contributed by atoms with E-state index in [-0.39, 0.29) is 29.6 Å². The number of benzene rings is 3. The van der Waals surface area contributed by atoms with Gasteiger partial charge in [0.1, 0.15) is 11.5 Å². The molecule has 1 atom stereocenters. The van der Waals surface area contributed by atoms with E-state index in [4.69, 9.17) is 18.9 Å². The van der Waals surface area contributed by atoms with E-state index in [1.165, 1.54) is 11.0 Å². The molecule has 0 radical (unpaired) electrons. The van der Waals surface area contributed by atoms with Crippen LogP contribution in [0.2, 0.25) is 0 Å². The zero-order chi connectivity index (χ0) is 26.8. The highest BCUT2D eigenvalue weighted by Gasteiger charge is 2.47. The molecule has 9 heteroatoms. The van der Waals surface area contributed by atoms with Gasteiger partial charge in [-0.15, -0.1) is 0 Å². The number of phenols is 1. The third kappa shape index (κ3) is 4.47. The van der Waals surface area contributed by atoms with Crippen molar-refractivity contribution in [2.45, 2.75) is 26.3 Å². The lowest BCUT2D eigenvalue weighted by atomic mass is 9.94. The highest BCUT2D eigenvalue weighted by Crippen LogP contribution is 2.46. The molecule has 9 nitrogen and oxygen atoms in total. The number of hydrogen-bond donors (Lipinski definition) is 2. The Labute approximate surface area is 219 Å². The first-order chi connectivity index (χ1) is 18.4. The normalized spacial score (nSPS) is 17.6. The Kier molecular flexibility index (Phi) is 6.83. The number of ketones is 1. The fourth-order valence-electron chi connectivity index (χ4n) is 4.53. The molecule has 0 aliphatic carbocycles. The molecule has 2 heterocycles. The van der Waals surface area contributed by atoms with Gasteiger partial charge in [0.25, 0.3) is 11.7 Å². The predicted molar refractivity (Wildman–Crippen MR) is 139 cm³/mol. The number of Topliss-reactive ketones (excluding diaryl/α,β-unsaturated/α-hetero) is 1. The van der Waals surface area contributed by atoms with E-state index in [1.54, 1.807) is 61.5 Å². The lowest BCUT2D eigenvalue weighted by Gasteiger charge is -2.26. The molecule has 2 aliphatic rings. The maximum absolute atomic E-state index is 13.5. The fraction of sp³-hybridized carbons (Fsp3) is 0.241. The summed E-state index contributed by atoms with van der Waals surface area (Å²) >= 11 is 0. The third-order valence-electron chi connectivity index (χ3n) is 6.26. The highest BCUT2D eigenvalue weighted by molar-refractivity contribution is 6.51. The van der Waals surface area contributed by atoms with Crippen molar-refractivity contribution in [1.29, 1.82) is 0 Å². The van der Waals surface area contributed by atoms with E-state index < -0.39 is 17.7 Å². The van der Waals surface area contributed by atoms with Gasteiger partial charge < -0.3 is 29.2 Å². The van der Waals surface area contributed by atoms with Gasteiger partial charge >= 0.3 is 0 Å². The number of aliphatic hydroxyl groups excluding tert-OH is 1. The van der Waals surface area contributed by atoms with Crippen LogP contribution in [0.3, 0.4) is 0 Å². The first kappa shape index (κ1) is 25.0. The van der Waals surface area contributed by atoms with E-state index >= 15 is 0 Å². The number of ether oxygens (including phenoxy) is 4. The number of hydrogen-bond acceptors (Lipinski definition) is 8. The predicted octanol–water partition coefficient (Wildman–Crippen LogP) is 4.93. The molecule has 1 saturated heterocycles. The first-order valence-corrected chi connectivity index (χ1v) is 12.3. The molecule has 5 rings (SSSR count). The minimum atomic E-state index is -1.02. The van der Waals surface area contributed by atoms with Crippen LogP contribution in [0.1, 0.15) is 37.4 Å². The summed E-state index contributed by atoms with van der Waals surface area (Å²) < 4.78 is 22.1. The maximum atomic E-state index is 13.5. The van der Waals surface area contributed by atoms with Gasteiger partial charge in [0.05, 0.1) is 24.8 Å². The number of nitrogens with zero attached hydrogens (tertiary/aromatic N) is 1. The summed E-state index contributed by atoms with van der Waals surface area (Å²) in [6.45, 7) is 4.59. The smallest absolute Gasteiger partial charge is 0.300 e. The summed E-state index contributed by atoms with van der Waals surface area (Å²) in [5.41, 5.74) is 1.07. The van der Waals surface area contributed by atoms with Crippen molar-refractivity contribution in [2.75, 3.05) is 24.9 Å².